The van der Waals surface area contributed by atoms with Gasteiger partial charge < -0.3 is 0 Å². The molecule has 1 aliphatic rings. The van der Waals surface area contributed by atoms with Crippen LogP contribution in [-0.4, -0.2) is 27.1 Å². The molecule has 0 radical (unpaired) electrons. The first-order valence-electron chi connectivity index (χ1n) is 7.73. The van der Waals surface area contributed by atoms with Crippen LogP contribution in [0, 0.1) is 20.2 Å². The molecule has 0 spiro atoms. The number of non-ortho nitro benzene ring substituents is 2. The average Bonchev–Trinajstić information content (AvgIpc) is 3.01. The summed E-state index contributed by atoms with van der Waals surface area (Å²) < 4.78 is 0. The predicted octanol–water partition coefficient (Wildman–Crippen LogP) is 3.10. The van der Waals surface area contributed by atoms with Gasteiger partial charge in [0.1, 0.15) is 0 Å². The molecule has 0 unspecified atom stereocenters. The first kappa shape index (κ1) is 18.9. The normalized spacial score (nSPS) is 16.6. The molecule has 10 nitrogen and oxygen atoms in total. The molecular weight excluding hydrogens is 386 g/mol. The number of carbonyl (C=O) groups is 1. The van der Waals surface area contributed by atoms with Crippen LogP contribution in [0.3, 0.4) is 0 Å². The van der Waals surface area contributed by atoms with E-state index in [-0.39, 0.29) is 22.4 Å². The molecule has 0 aliphatic carbocycles. The zero-order valence-electron chi connectivity index (χ0n) is 14.0. The summed E-state index contributed by atoms with van der Waals surface area (Å²) in [5, 5.41) is 31.9. The van der Waals surface area contributed by atoms with Gasteiger partial charge in [-0.05, 0) is 35.5 Å². The van der Waals surface area contributed by atoms with Crippen molar-refractivity contribution in [3.8, 4) is 0 Å². The van der Waals surface area contributed by atoms with Crippen LogP contribution in [0.1, 0.15) is 11.1 Å². The van der Waals surface area contributed by atoms with Gasteiger partial charge in [0.15, 0.2) is 5.17 Å². The molecule has 3 rings (SSSR count). The second-order valence-electron chi connectivity index (χ2n) is 5.42. The SMILES string of the molecule is O=C1N/C(=N\N=C\c2cccc([N+](=O)[O-])c2)S/C1=C\c1ccc([N+](=O)[O-])cc1. The quantitative estimate of drug-likeness (QED) is 0.356. The molecule has 1 heterocycles. The van der Waals surface area contributed by atoms with Crippen molar-refractivity contribution in [2.75, 3.05) is 0 Å². The van der Waals surface area contributed by atoms with Gasteiger partial charge in [-0.1, -0.05) is 12.1 Å². The lowest BCUT2D eigenvalue weighted by atomic mass is 10.2. The molecule has 28 heavy (non-hydrogen) atoms. The van der Waals surface area contributed by atoms with Crippen molar-refractivity contribution in [2.45, 2.75) is 0 Å². The van der Waals surface area contributed by atoms with Crippen molar-refractivity contribution in [1.82, 2.24) is 5.32 Å². The molecule has 2 aromatic carbocycles. The van der Waals surface area contributed by atoms with Crippen LogP contribution in [0.15, 0.2) is 63.6 Å². The Labute approximate surface area is 162 Å². The molecule has 0 saturated carbocycles. The van der Waals surface area contributed by atoms with E-state index in [1.165, 1.54) is 48.7 Å². The molecule has 1 aliphatic heterocycles. The van der Waals surface area contributed by atoms with Crippen LogP contribution in [0.5, 0.6) is 0 Å². The summed E-state index contributed by atoms with van der Waals surface area (Å²) in [4.78, 5) is 32.8. The van der Waals surface area contributed by atoms with Crippen LogP contribution in [0.4, 0.5) is 11.4 Å². The molecule has 1 saturated heterocycles. The number of nitro benzene ring substituents is 2. The van der Waals surface area contributed by atoms with Crippen LogP contribution in [0.2, 0.25) is 0 Å². The second-order valence-corrected chi connectivity index (χ2v) is 6.45. The molecule has 2 aromatic rings. The Morgan fingerprint density at radius 3 is 2.36 bits per heavy atom. The van der Waals surface area contributed by atoms with Gasteiger partial charge in [-0.25, -0.2) is 0 Å². The zero-order chi connectivity index (χ0) is 20.1. The van der Waals surface area contributed by atoms with Gasteiger partial charge in [0.2, 0.25) is 0 Å². The summed E-state index contributed by atoms with van der Waals surface area (Å²) in [5.41, 5.74) is 1.02. The molecule has 0 bridgehead atoms. The number of amides is 1. The first-order valence-corrected chi connectivity index (χ1v) is 8.55. The second kappa shape index (κ2) is 8.22. The third-order valence-electron chi connectivity index (χ3n) is 3.49. The predicted molar refractivity (Wildman–Crippen MR) is 105 cm³/mol. The van der Waals surface area contributed by atoms with Crippen LogP contribution < -0.4 is 5.32 Å². The van der Waals surface area contributed by atoms with Crippen molar-refractivity contribution >= 4 is 46.5 Å². The zero-order valence-corrected chi connectivity index (χ0v) is 14.8. The third-order valence-corrected chi connectivity index (χ3v) is 4.39. The van der Waals surface area contributed by atoms with Gasteiger partial charge in [0.25, 0.3) is 17.3 Å². The summed E-state index contributed by atoms with van der Waals surface area (Å²) >= 11 is 1.06. The summed E-state index contributed by atoms with van der Waals surface area (Å²) in [6, 6.07) is 11.7. The van der Waals surface area contributed by atoms with E-state index in [1.54, 1.807) is 12.1 Å². The molecule has 1 N–H and O–H groups in total. The van der Waals surface area contributed by atoms with E-state index in [9.17, 15) is 25.0 Å². The Morgan fingerprint density at radius 2 is 1.68 bits per heavy atom. The lowest BCUT2D eigenvalue weighted by Gasteiger charge is -1.95. The van der Waals surface area contributed by atoms with E-state index in [0.29, 0.717) is 16.0 Å². The van der Waals surface area contributed by atoms with Crippen molar-refractivity contribution in [2.24, 2.45) is 10.2 Å². The van der Waals surface area contributed by atoms with E-state index in [2.05, 4.69) is 15.5 Å². The van der Waals surface area contributed by atoms with E-state index < -0.39 is 9.85 Å². The molecule has 1 fully saturated rings. The third kappa shape index (κ3) is 4.65. The number of nitrogens with zero attached hydrogens (tertiary/aromatic N) is 4. The van der Waals surface area contributed by atoms with E-state index in [1.807, 2.05) is 0 Å². The van der Waals surface area contributed by atoms with Crippen LogP contribution in [0.25, 0.3) is 6.08 Å². The molecule has 0 atom stereocenters. The van der Waals surface area contributed by atoms with Gasteiger partial charge in [-0.3, -0.25) is 30.3 Å². The van der Waals surface area contributed by atoms with Gasteiger partial charge in [-0.2, -0.15) is 5.10 Å². The van der Waals surface area contributed by atoms with E-state index >= 15 is 0 Å². The summed E-state index contributed by atoms with van der Waals surface area (Å²) in [6.07, 6.45) is 2.92. The van der Waals surface area contributed by atoms with E-state index in [4.69, 9.17) is 0 Å². The standard InChI is InChI=1S/C17H11N5O5S/c23-16-15(9-11-4-6-13(7-5-11)21(24)25)28-17(19-16)20-18-10-12-2-1-3-14(8-12)22(26)27/h1-10H,(H,19,20,23)/b15-9-,18-10+. The number of nitrogens with one attached hydrogen (secondary N) is 1. The highest BCUT2D eigenvalue weighted by molar-refractivity contribution is 8.18. The minimum Gasteiger partial charge on any atom is -0.299 e. The highest BCUT2D eigenvalue weighted by Crippen LogP contribution is 2.26. The Bertz CT molecular complexity index is 1050. The lowest BCUT2D eigenvalue weighted by Crippen LogP contribution is -2.19. The fraction of sp³-hybridized carbons (Fsp3) is 0. The van der Waals surface area contributed by atoms with Gasteiger partial charge >= 0.3 is 0 Å². The number of carbonyl (C=O) groups excluding carboxylic acids is 1. The fourth-order valence-electron chi connectivity index (χ4n) is 2.19. The Hall–Kier alpha value is -3.86. The topological polar surface area (TPSA) is 140 Å². The number of hydrogen-bond donors (Lipinski definition) is 1. The minimum absolute atomic E-state index is 0.0385. The maximum absolute atomic E-state index is 12.0. The maximum atomic E-state index is 12.0. The highest BCUT2D eigenvalue weighted by Gasteiger charge is 2.23. The number of rotatable bonds is 5. The molecule has 1 amide bonds. The van der Waals surface area contributed by atoms with E-state index in [0.717, 1.165) is 11.8 Å². The van der Waals surface area contributed by atoms with Gasteiger partial charge in [-0.15, -0.1) is 5.10 Å². The smallest absolute Gasteiger partial charge is 0.270 e. The Morgan fingerprint density at radius 1 is 0.964 bits per heavy atom. The monoisotopic (exact) mass is 397 g/mol. The number of thioether (sulfide) groups is 1. The highest BCUT2D eigenvalue weighted by atomic mass is 32.2. The van der Waals surface area contributed by atoms with Crippen molar-refractivity contribution in [3.05, 3.63) is 84.8 Å². The van der Waals surface area contributed by atoms with Crippen molar-refractivity contribution < 1.29 is 14.6 Å². The summed E-state index contributed by atoms with van der Waals surface area (Å²) in [7, 11) is 0. The summed E-state index contributed by atoms with van der Waals surface area (Å²) in [6.45, 7) is 0. The minimum atomic E-state index is -0.508. The fourth-order valence-corrected chi connectivity index (χ4v) is 2.96. The number of amidine groups is 1. The van der Waals surface area contributed by atoms with Crippen LogP contribution in [-0.2, 0) is 4.79 Å². The number of hydrogen-bond acceptors (Lipinski definition) is 8. The van der Waals surface area contributed by atoms with Gasteiger partial charge in [0.05, 0.1) is 21.0 Å². The summed E-state index contributed by atoms with van der Waals surface area (Å²) in [5.74, 6) is -0.368. The first-order chi connectivity index (χ1) is 13.4. The molecule has 0 aromatic heterocycles. The average molecular weight is 397 g/mol. The number of benzene rings is 2. The number of nitro groups is 2. The van der Waals surface area contributed by atoms with Crippen molar-refractivity contribution in [3.63, 3.8) is 0 Å². The Balaban J connectivity index is 1.70. The van der Waals surface area contributed by atoms with Gasteiger partial charge in [0, 0.05) is 29.8 Å². The Kier molecular flexibility index (Phi) is 5.56. The van der Waals surface area contributed by atoms with Crippen LogP contribution >= 0.6 is 11.8 Å². The molecule has 140 valence electrons. The maximum Gasteiger partial charge on any atom is 0.270 e. The molecular formula is C17H11N5O5S. The van der Waals surface area contributed by atoms with Crippen molar-refractivity contribution in [1.29, 1.82) is 0 Å². The molecule has 11 heteroatoms. The lowest BCUT2D eigenvalue weighted by molar-refractivity contribution is -0.385. The largest absolute Gasteiger partial charge is 0.299 e.